The number of hydrogen-bond acceptors (Lipinski definition) is 0. The van der Waals surface area contributed by atoms with E-state index < -0.39 is 0 Å². The van der Waals surface area contributed by atoms with Crippen LogP contribution in [0.25, 0.3) is 0 Å². The molecule has 0 radical (unpaired) electrons. The smallest absolute Gasteiger partial charge is 0.123 e. The third-order valence-electron chi connectivity index (χ3n) is 6.92. The molecule has 0 aromatic heterocycles. The molecule has 0 N–H and O–H groups in total. The highest BCUT2D eigenvalue weighted by molar-refractivity contribution is 6.58. The predicted molar refractivity (Wildman–Crippen MR) is 122 cm³/mol. The summed E-state index contributed by atoms with van der Waals surface area (Å²) in [5.74, 6) is 8.63. The first-order valence-corrected chi connectivity index (χ1v) is 14.1. The Morgan fingerprint density at radius 3 is 2.39 bits per heavy atom. The number of hydrogen-bond donors (Lipinski definition) is 0. The lowest BCUT2D eigenvalue weighted by Crippen LogP contribution is -2.20. The molecule has 0 amide bonds. The maximum Gasteiger partial charge on any atom is 0.123 e. The highest BCUT2D eigenvalue weighted by Crippen LogP contribution is 2.35. The van der Waals surface area contributed by atoms with E-state index in [0.29, 0.717) is 11.8 Å². The highest BCUT2D eigenvalue weighted by atomic mass is 28.3. The Morgan fingerprint density at radius 1 is 1.00 bits per heavy atom. The van der Waals surface area contributed by atoms with Gasteiger partial charge in [-0.2, -0.15) is 0 Å². The Bertz CT molecular complexity index is 650. The van der Waals surface area contributed by atoms with Crippen molar-refractivity contribution < 1.29 is 4.39 Å². The van der Waals surface area contributed by atoms with Crippen molar-refractivity contribution in [1.29, 1.82) is 0 Å². The van der Waals surface area contributed by atoms with Crippen LogP contribution in [-0.4, -0.2) is 8.80 Å². The van der Waals surface area contributed by atoms with Gasteiger partial charge in [0.15, 0.2) is 0 Å². The monoisotopic (exact) mass is 396 g/mol. The van der Waals surface area contributed by atoms with Gasteiger partial charge in [-0.1, -0.05) is 74.4 Å². The van der Waals surface area contributed by atoms with Crippen LogP contribution in [0.4, 0.5) is 4.39 Å². The predicted octanol–water partition coefficient (Wildman–Crippen LogP) is 7.49. The molecule has 0 atom stereocenters. The summed E-state index contributed by atoms with van der Waals surface area (Å²) in [6.45, 7) is 2.31. The average molecular weight is 397 g/mol. The summed E-state index contributed by atoms with van der Waals surface area (Å²) in [4.78, 5) is 0. The van der Waals surface area contributed by atoms with Gasteiger partial charge in [0, 0.05) is 14.7 Å². The first-order valence-electron chi connectivity index (χ1n) is 11.7. The number of halogens is 1. The van der Waals surface area contributed by atoms with E-state index in [9.17, 15) is 4.39 Å². The van der Waals surface area contributed by atoms with Crippen molar-refractivity contribution in [3.63, 3.8) is 0 Å². The van der Waals surface area contributed by atoms with E-state index in [0.717, 1.165) is 5.92 Å². The molecule has 3 rings (SSSR count). The van der Waals surface area contributed by atoms with Crippen molar-refractivity contribution in [2.75, 3.05) is 0 Å². The lowest BCUT2D eigenvalue weighted by molar-refractivity contribution is 0.384. The van der Waals surface area contributed by atoms with Crippen molar-refractivity contribution in [2.45, 2.75) is 88.8 Å². The van der Waals surface area contributed by atoms with Crippen LogP contribution in [0.2, 0.25) is 18.1 Å². The largest absolute Gasteiger partial charge is 0.207 e. The van der Waals surface area contributed by atoms with E-state index in [4.69, 9.17) is 0 Å². The minimum Gasteiger partial charge on any atom is -0.207 e. The quantitative estimate of drug-likeness (QED) is 0.265. The zero-order valence-electron chi connectivity index (χ0n) is 17.6. The molecule has 0 unspecified atom stereocenters. The van der Waals surface area contributed by atoms with Crippen molar-refractivity contribution in [1.82, 2.24) is 0 Å². The van der Waals surface area contributed by atoms with E-state index >= 15 is 0 Å². The Labute approximate surface area is 173 Å². The first kappa shape index (κ1) is 21.4. The van der Waals surface area contributed by atoms with Crippen LogP contribution in [0.3, 0.4) is 0 Å². The molecular weight excluding hydrogens is 359 g/mol. The summed E-state index contributed by atoms with van der Waals surface area (Å²) in [7, 11) is -0.386. The fourth-order valence-electron chi connectivity index (χ4n) is 5.01. The molecule has 1 aromatic rings. The van der Waals surface area contributed by atoms with Crippen LogP contribution in [-0.2, 0) is 0 Å². The number of benzene rings is 1. The molecule has 28 heavy (non-hydrogen) atoms. The van der Waals surface area contributed by atoms with Crippen molar-refractivity contribution >= 4 is 8.80 Å². The Hall–Kier alpha value is -1.33. The molecule has 1 aliphatic carbocycles. The van der Waals surface area contributed by atoms with Crippen LogP contribution < -0.4 is 0 Å². The van der Waals surface area contributed by atoms with Crippen molar-refractivity contribution in [3.8, 4) is 11.8 Å². The van der Waals surface area contributed by atoms with Gasteiger partial charge in [0.05, 0.1) is 0 Å². The van der Waals surface area contributed by atoms with Gasteiger partial charge in [-0.05, 0) is 74.1 Å². The number of allylic oxidation sites excluding steroid dienone is 2. The van der Waals surface area contributed by atoms with E-state index in [2.05, 4.69) is 30.9 Å². The third kappa shape index (κ3) is 6.93. The summed E-state index contributed by atoms with van der Waals surface area (Å²) < 4.78 is 13.1. The Morgan fingerprint density at radius 2 is 1.71 bits per heavy atom. The van der Waals surface area contributed by atoms with Crippen LogP contribution in [0, 0.1) is 29.5 Å². The molecule has 0 spiro atoms. The van der Waals surface area contributed by atoms with Crippen LogP contribution in [0.5, 0.6) is 0 Å². The molecule has 2 aliphatic rings. The van der Waals surface area contributed by atoms with Gasteiger partial charge in [-0.3, -0.25) is 0 Å². The molecule has 1 aliphatic heterocycles. The molecule has 1 saturated carbocycles. The van der Waals surface area contributed by atoms with Gasteiger partial charge < -0.3 is 0 Å². The standard InChI is InChI=1S/C26H37FSi/c1-2-3-6-19-28-20-17-23(18-21-28)8-5-4-7-22-9-11-24(12-10-22)25-13-15-26(27)16-14-25/h5,8,13-16,22-24,28H,2-3,6,9-12,17-21H2,1H3/b8-5+/t22-,23-,24-,28-. The van der Waals surface area contributed by atoms with E-state index in [1.54, 1.807) is 30.3 Å². The fourth-order valence-corrected chi connectivity index (χ4v) is 8.54. The molecular formula is C26H37FSi. The van der Waals surface area contributed by atoms with Crippen molar-refractivity contribution in [3.05, 3.63) is 47.8 Å². The Balaban J connectivity index is 1.35. The van der Waals surface area contributed by atoms with Gasteiger partial charge in [0.2, 0.25) is 0 Å². The summed E-state index contributed by atoms with van der Waals surface area (Å²) >= 11 is 0. The molecule has 152 valence electrons. The van der Waals surface area contributed by atoms with Gasteiger partial charge in [0.25, 0.3) is 0 Å². The number of unbranched alkanes of at least 4 members (excludes halogenated alkanes) is 2. The highest BCUT2D eigenvalue weighted by Gasteiger charge is 2.21. The molecule has 0 nitrogen and oxygen atoms in total. The zero-order valence-corrected chi connectivity index (χ0v) is 18.8. The topological polar surface area (TPSA) is 0 Å². The second-order valence-corrected chi connectivity index (χ2v) is 12.5. The van der Waals surface area contributed by atoms with E-state index in [1.165, 1.54) is 63.4 Å². The summed E-state index contributed by atoms with van der Waals surface area (Å²) in [6, 6.07) is 11.8. The normalized spacial score (nSPS) is 28.1. The maximum absolute atomic E-state index is 13.1. The van der Waals surface area contributed by atoms with Gasteiger partial charge >= 0.3 is 0 Å². The molecule has 1 aromatic carbocycles. The second kappa shape index (κ2) is 11.6. The summed E-state index contributed by atoms with van der Waals surface area (Å²) in [5.41, 5.74) is 1.29. The second-order valence-electron chi connectivity index (χ2n) is 9.02. The lowest BCUT2D eigenvalue weighted by Gasteiger charge is -2.26. The zero-order chi connectivity index (χ0) is 19.6. The van der Waals surface area contributed by atoms with Gasteiger partial charge in [-0.15, -0.1) is 0 Å². The van der Waals surface area contributed by atoms with E-state index in [1.807, 2.05) is 12.1 Å². The molecule has 2 fully saturated rings. The third-order valence-corrected chi connectivity index (χ3v) is 10.4. The molecule has 0 bridgehead atoms. The SMILES string of the molecule is CCCCC[Si@H]1CC[C@H](/C=C/C#C[C@H]2CC[C@H](c3ccc(F)cc3)CC2)CC1. The lowest BCUT2D eigenvalue weighted by atomic mass is 9.79. The minimum absolute atomic E-state index is 0.137. The number of rotatable bonds is 6. The van der Waals surface area contributed by atoms with Crippen molar-refractivity contribution in [2.24, 2.45) is 11.8 Å². The van der Waals surface area contributed by atoms with Gasteiger partial charge in [0.1, 0.15) is 5.82 Å². The van der Waals surface area contributed by atoms with Gasteiger partial charge in [-0.25, -0.2) is 4.39 Å². The van der Waals surface area contributed by atoms with Crippen LogP contribution in [0.1, 0.15) is 76.2 Å². The van der Waals surface area contributed by atoms with Crippen LogP contribution >= 0.6 is 0 Å². The minimum atomic E-state index is -0.386. The van der Waals surface area contributed by atoms with E-state index in [-0.39, 0.29) is 14.6 Å². The summed E-state index contributed by atoms with van der Waals surface area (Å²) in [5, 5.41) is 0. The Kier molecular flexibility index (Phi) is 8.87. The molecule has 1 heterocycles. The fraction of sp³-hybridized carbons (Fsp3) is 0.615. The van der Waals surface area contributed by atoms with Crippen LogP contribution in [0.15, 0.2) is 36.4 Å². The molecule has 1 saturated heterocycles. The first-order chi connectivity index (χ1) is 13.7. The molecule has 2 heteroatoms. The summed E-state index contributed by atoms with van der Waals surface area (Å²) in [6.07, 6.45) is 16.4. The average Bonchev–Trinajstić information content (AvgIpc) is 2.73. The maximum atomic E-state index is 13.1.